The first kappa shape index (κ1) is 14.6. The predicted molar refractivity (Wildman–Crippen MR) is 90.1 cm³/mol. The van der Waals surface area contributed by atoms with Crippen LogP contribution in [-0.2, 0) is 6.42 Å². The van der Waals surface area contributed by atoms with Gasteiger partial charge < -0.3 is 4.74 Å². The number of carbonyl (C=O) groups is 1. The summed E-state index contributed by atoms with van der Waals surface area (Å²) in [5, 5.41) is 0.980. The van der Waals surface area contributed by atoms with Gasteiger partial charge in [0.2, 0.25) is 0 Å². The van der Waals surface area contributed by atoms with Crippen LogP contribution in [0.2, 0.25) is 0 Å². The standard InChI is InChI=1S/C19H15FN2O2/c1-24-16-5-6-17-14(11-16)9-12-7-8-22(18(12)21-17)19(23)13-3-2-4-15(20)10-13/h2-6,9-11H,7-8H2,1H3. The fourth-order valence-corrected chi connectivity index (χ4v) is 3.05. The summed E-state index contributed by atoms with van der Waals surface area (Å²) in [6.07, 6.45) is 0.733. The molecule has 0 radical (unpaired) electrons. The Morgan fingerprint density at radius 1 is 1.21 bits per heavy atom. The SMILES string of the molecule is COc1ccc2nc3c(cc2c1)CCN3C(=O)c1cccc(F)c1. The minimum absolute atomic E-state index is 0.228. The lowest BCUT2D eigenvalue weighted by Gasteiger charge is -2.17. The van der Waals surface area contributed by atoms with E-state index in [1.54, 1.807) is 24.1 Å². The number of fused-ring (bicyclic) bond motifs is 2. The summed E-state index contributed by atoms with van der Waals surface area (Å²) in [5.74, 6) is 0.782. The molecule has 0 unspecified atom stereocenters. The average Bonchev–Trinajstić information content (AvgIpc) is 3.01. The van der Waals surface area contributed by atoms with Crippen molar-refractivity contribution in [2.75, 3.05) is 18.6 Å². The van der Waals surface area contributed by atoms with Gasteiger partial charge in [-0.25, -0.2) is 9.37 Å². The predicted octanol–water partition coefficient (Wildman–Crippen LogP) is 3.59. The van der Waals surface area contributed by atoms with E-state index in [9.17, 15) is 9.18 Å². The number of rotatable bonds is 2. The Morgan fingerprint density at radius 2 is 2.08 bits per heavy atom. The maximum atomic E-state index is 13.4. The van der Waals surface area contributed by atoms with Crippen LogP contribution in [0.25, 0.3) is 10.9 Å². The molecule has 0 saturated heterocycles. The van der Waals surface area contributed by atoms with Gasteiger partial charge in [-0.2, -0.15) is 0 Å². The van der Waals surface area contributed by atoms with Crippen LogP contribution in [0.3, 0.4) is 0 Å². The number of amides is 1. The topological polar surface area (TPSA) is 42.4 Å². The highest BCUT2D eigenvalue weighted by Gasteiger charge is 2.27. The molecule has 1 amide bonds. The molecule has 120 valence electrons. The zero-order chi connectivity index (χ0) is 16.7. The van der Waals surface area contributed by atoms with Gasteiger partial charge in [0.05, 0.1) is 12.6 Å². The number of nitrogens with zero attached hydrogens (tertiary/aromatic N) is 2. The zero-order valence-electron chi connectivity index (χ0n) is 13.1. The number of benzene rings is 2. The van der Waals surface area contributed by atoms with E-state index in [-0.39, 0.29) is 5.91 Å². The summed E-state index contributed by atoms with van der Waals surface area (Å²) in [5.41, 5.74) is 2.15. The van der Waals surface area contributed by atoms with Crippen molar-refractivity contribution < 1.29 is 13.9 Å². The number of carbonyl (C=O) groups excluding carboxylic acids is 1. The van der Waals surface area contributed by atoms with E-state index in [0.29, 0.717) is 17.9 Å². The van der Waals surface area contributed by atoms with Crippen molar-refractivity contribution in [2.45, 2.75) is 6.42 Å². The number of halogens is 1. The Balaban J connectivity index is 1.75. The van der Waals surface area contributed by atoms with Crippen LogP contribution in [0.5, 0.6) is 5.75 Å². The van der Waals surface area contributed by atoms with E-state index in [1.165, 1.54) is 12.1 Å². The monoisotopic (exact) mass is 322 g/mol. The molecule has 0 spiro atoms. The van der Waals surface area contributed by atoms with E-state index >= 15 is 0 Å². The second-order valence-electron chi connectivity index (χ2n) is 5.75. The quantitative estimate of drug-likeness (QED) is 0.724. The maximum absolute atomic E-state index is 13.4. The number of hydrogen-bond acceptors (Lipinski definition) is 3. The third kappa shape index (κ3) is 2.38. The Bertz CT molecular complexity index is 955. The van der Waals surface area contributed by atoms with E-state index in [0.717, 1.165) is 28.6 Å². The van der Waals surface area contributed by atoms with Crippen molar-refractivity contribution in [3.63, 3.8) is 0 Å². The van der Waals surface area contributed by atoms with Crippen LogP contribution in [0.4, 0.5) is 10.2 Å². The minimum Gasteiger partial charge on any atom is -0.497 e. The Kier molecular flexibility index (Phi) is 3.41. The summed E-state index contributed by atoms with van der Waals surface area (Å²) < 4.78 is 18.6. The molecule has 5 heteroatoms. The molecule has 0 N–H and O–H groups in total. The molecular weight excluding hydrogens is 307 g/mol. The van der Waals surface area contributed by atoms with Crippen molar-refractivity contribution in [3.8, 4) is 5.75 Å². The lowest BCUT2D eigenvalue weighted by atomic mass is 10.1. The molecule has 1 aromatic heterocycles. The smallest absolute Gasteiger partial charge is 0.259 e. The average molecular weight is 322 g/mol. The highest BCUT2D eigenvalue weighted by molar-refractivity contribution is 6.07. The van der Waals surface area contributed by atoms with Gasteiger partial charge in [-0.3, -0.25) is 9.69 Å². The van der Waals surface area contributed by atoms with Crippen molar-refractivity contribution in [3.05, 3.63) is 65.5 Å². The normalized spacial score (nSPS) is 13.2. The van der Waals surface area contributed by atoms with E-state index in [2.05, 4.69) is 4.98 Å². The van der Waals surface area contributed by atoms with Crippen LogP contribution in [-0.4, -0.2) is 24.5 Å². The molecule has 0 aliphatic carbocycles. The molecule has 24 heavy (non-hydrogen) atoms. The molecule has 4 rings (SSSR count). The first-order valence-corrected chi connectivity index (χ1v) is 7.71. The summed E-state index contributed by atoms with van der Waals surface area (Å²) >= 11 is 0. The number of methoxy groups -OCH3 is 1. The number of anilines is 1. The van der Waals surface area contributed by atoms with E-state index < -0.39 is 5.82 Å². The van der Waals surface area contributed by atoms with Crippen LogP contribution in [0.1, 0.15) is 15.9 Å². The summed E-state index contributed by atoms with van der Waals surface area (Å²) in [7, 11) is 1.63. The van der Waals surface area contributed by atoms with Gasteiger partial charge in [0, 0.05) is 17.5 Å². The van der Waals surface area contributed by atoms with Crippen molar-refractivity contribution in [2.24, 2.45) is 0 Å². The molecule has 0 atom stereocenters. The van der Waals surface area contributed by atoms with Crippen LogP contribution in [0.15, 0.2) is 48.5 Å². The van der Waals surface area contributed by atoms with Gasteiger partial charge in [0.15, 0.2) is 0 Å². The van der Waals surface area contributed by atoms with Gasteiger partial charge in [0.25, 0.3) is 5.91 Å². The van der Waals surface area contributed by atoms with Crippen LogP contribution in [0, 0.1) is 5.82 Å². The lowest BCUT2D eigenvalue weighted by Crippen LogP contribution is -2.29. The molecule has 2 heterocycles. The highest BCUT2D eigenvalue weighted by Crippen LogP contribution is 2.31. The Hall–Kier alpha value is -2.95. The number of aromatic nitrogens is 1. The number of ether oxygens (including phenoxy) is 1. The van der Waals surface area contributed by atoms with Crippen molar-refractivity contribution in [1.82, 2.24) is 4.98 Å². The summed E-state index contributed by atoms with van der Waals surface area (Å²) in [6.45, 7) is 0.547. The fourth-order valence-electron chi connectivity index (χ4n) is 3.05. The first-order chi connectivity index (χ1) is 11.7. The van der Waals surface area contributed by atoms with Gasteiger partial charge in [-0.1, -0.05) is 6.07 Å². The number of hydrogen-bond donors (Lipinski definition) is 0. The molecule has 0 bridgehead atoms. The maximum Gasteiger partial charge on any atom is 0.259 e. The fraction of sp³-hybridized carbons (Fsp3) is 0.158. The molecule has 1 aliphatic heterocycles. The molecule has 2 aromatic carbocycles. The highest BCUT2D eigenvalue weighted by atomic mass is 19.1. The molecule has 0 saturated carbocycles. The second-order valence-corrected chi connectivity index (χ2v) is 5.75. The van der Waals surface area contributed by atoms with Crippen LogP contribution >= 0.6 is 0 Å². The second kappa shape index (κ2) is 5.60. The first-order valence-electron chi connectivity index (χ1n) is 7.71. The minimum atomic E-state index is -0.418. The van der Waals surface area contributed by atoms with Crippen molar-refractivity contribution in [1.29, 1.82) is 0 Å². The third-order valence-electron chi connectivity index (χ3n) is 4.26. The Labute approximate surface area is 138 Å². The molecule has 1 aliphatic rings. The molecular formula is C19H15FN2O2. The Morgan fingerprint density at radius 3 is 2.88 bits per heavy atom. The molecule has 0 fully saturated rings. The number of pyridine rings is 1. The zero-order valence-corrected chi connectivity index (χ0v) is 13.1. The third-order valence-corrected chi connectivity index (χ3v) is 4.26. The van der Waals surface area contributed by atoms with E-state index in [4.69, 9.17) is 4.74 Å². The summed E-state index contributed by atoms with van der Waals surface area (Å²) in [6, 6.07) is 13.4. The molecule has 3 aromatic rings. The molecule has 4 nitrogen and oxygen atoms in total. The van der Waals surface area contributed by atoms with Gasteiger partial charge >= 0.3 is 0 Å². The van der Waals surface area contributed by atoms with E-state index in [1.807, 2.05) is 24.3 Å². The van der Waals surface area contributed by atoms with Crippen molar-refractivity contribution >= 4 is 22.6 Å². The van der Waals surface area contributed by atoms with Gasteiger partial charge in [-0.05, 0) is 54.4 Å². The lowest BCUT2D eigenvalue weighted by molar-refractivity contribution is 0.0988. The largest absolute Gasteiger partial charge is 0.497 e. The summed E-state index contributed by atoms with van der Waals surface area (Å²) in [4.78, 5) is 19.0. The van der Waals surface area contributed by atoms with Crippen LogP contribution < -0.4 is 9.64 Å². The van der Waals surface area contributed by atoms with Gasteiger partial charge in [-0.15, -0.1) is 0 Å². The van der Waals surface area contributed by atoms with Gasteiger partial charge in [0.1, 0.15) is 17.4 Å².